The van der Waals surface area contributed by atoms with E-state index >= 15 is 0 Å². The van der Waals surface area contributed by atoms with Gasteiger partial charge in [-0.2, -0.15) is 0 Å². The minimum absolute atomic E-state index is 0.418. The molecule has 0 radical (unpaired) electrons. The van der Waals surface area contributed by atoms with Crippen molar-refractivity contribution < 1.29 is 9.90 Å². The smallest absolute Gasteiger partial charge is 0.323 e. The number of carbonyl (C=O) groups is 1. The van der Waals surface area contributed by atoms with Gasteiger partial charge >= 0.3 is 5.97 Å². The molecule has 0 heterocycles. The van der Waals surface area contributed by atoms with Crippen molar-refractivity contribution in [2.24, 2.45) is 5.92 Å². The molecule has 2 fully saturated rings. The van der Waals surface area contributed by atoms with Gasteiger partial charge in [0.25, 0.3) is 0 Å². The number of hydrogen-bond donors (Lipinski definition) is 2. The fourth-order valence-corrected chi connectivity index (χ4v) is 3.84. The summed E-state index contributed by atoms with van der Waals surface area (Å²) in [7, 11) is 3.97. The molecule has 0 saturated heterocycles. The van der Waals surface area contributed by atoms with Crippen molar-refractivity contribution in [3.8, 4) is 0 Å². The summed E-state index contributed by atoms with van der Waals surface area (Å²) in [6, 6.07) is 1.07. The van der Waals surface area contributed by atoms with E-state index in [1.807, 2.05) is 0 Å². The Hall–Kier alpha value is -0.610. The number of hydrogen-bond acceptors (Lipinski definition) is 3. The predicted molar refractivity (Wildman–Crippen MR) is 76.2 cm³/mol. The molecular formula is C15H28N2O2. The van der Waals surface area contributed by atoms with Crippen LogP contribution in [0.5, 0.6) is 0 Å². The highest BCUT2D eigenvalue weighted by Crippen LogP contribution is 2.36. The average molecular weight is 268 g/mol. The van der Waals surface area contributed by atoms with E-state index in [9.17, 15) is 9.90 Å². The Morgan fingerprint density at radius 1 is 1.21 bits per heavy atom. The predicted octanol–water partition coefficient (Wildman–Crippen LogP) is 2.09. The van der Waals surface area contributed by atoms with Crippen molar-refractivity contribution in [2.75, 3.05) is 14.1 Å². The third kappa shape index (κ3) is 2.95. The molecule has 4 heteroatoms. The maximum absolute atomic E-state index is 11.5. The zero-order valence-corrected chi connectivity index (χ0v) is 12.5. The second kappa shape index (κ2) is 5.80. The minimum Gasteiger partial charge on any atom is -0.480 e. The molecule has 2 atom stereocenters. The van der Waals surface area contributed by atoms with Gasteiger partial charge in [0.15, 0.2) is 0 Å². The van der Waals surface area contributed by atoms with Gasteiger partial charge in [0.2, 0.25) is 0 Å². The van der Waals surface area contributed by atoms with Crippen molar-refractivity contribution in [1.82, 2.24) is 10.2 Å². The highest BCUT2D eigenvalue weighted by molar-refractivity contribution is 5.79. The summed E-state index contributed by atoms with van der Waals surface area (Å²) in [5, 5.41) is 12.5. The standard InChI is InChI=1S/C15H28N2O2/c1-11-4-6-12(7-5-11)17(3)13-8-9-15(10-13,16-2)14(18)19/h11-13,16H,4-10H2,1-3H3,(H,18,19). The van der Waals surface area contributed by atoms with Crippen LogP contribution < -0.4 is 5.32 Å². The van der Waals surface area contributed by atoms with Crippen LogP contribution in [0.1, 0.15) is 51.9 Å². The summed E-state index contributed by atoms with van der Waals surface area (Å²) >= 11 is 0. The highest BCUT2D eigenvalue weighted by atomic mass is 16.4. The van der Waals surface area contributed by atoms with Crippen LogP contribution in [-0.4, -0.2) is 47.7 Å². The van der Waals surface area contributed by atoms with Gasteiger partial charge in [-0.15, -0.1) is 0 Å². The maximum Gasteiger partial charge on any atom is 0.323 e. The molecule has 2 N–H and O–H groups in total. The van der Waals surface area contributed by atoms with Crippen LogP contribution in [0.3, 0.4) is 0 Å². The number of nitrogens with one attached hydrogen (secondary N) is 1. The Balaban J connectivity index is 1.94. The molecule has 2 aliphatic rings. The second-order valence-corrected chi connectivity index (χ2v) is 6.61. The van der Waals surface area contributed by atoms with E-state index in [1.54, 1.807) is 7.05 Å². The van der Waals surface area contributed by atoms with Crippen LogP contribution in [0, 0.1) is 5.92 Å². The molecule has 19 heavy (non-hydrogen) atoms. The van der Waals surface area contributed by atoms with Gasteiger partial charge in [-0.25, -0.2) is 0 Å². The van der Waals surface area contributed by atoms with Gasteiger partial charge in [-0.05, 0) is 65.0 Å². The molecular weight excluding hydrogens is 240 g/mol. The third-order valence-corrected chi connectivity index (χ3v) is 5.51. The van der Waals surface area contributed by atoms with Gasteiger partial charge in [-0.3, -0.25) is 4.79 Å². The molecule has 2 unspecified atom stereocenters. The van der Waals surface area contributed by atoms with Gasteiger partial charge in [0, 0.05) is 12.1 Å². The number of carboxylic acids is 1. The largest absolute Gasteiger partial charge is 0.480 e. The quantitative estimate of drug-likeness (QED) is 0.820. The summed E-state index contributed by atoms with van der Waals surface area (Å²) < 4.78 is 0. The Morgan fingerprint density at radius 3 is 2.32 bits per heavy atom. The number of rotatable bonds is 4. The molecule has 4 nitrogen and oxygen atoms in total. The lowest BCUT2D eigenvalue weighted by Crippen LogP contribution is -2.50. The first kappa shape index (κ1) is 14.8. The van der Waals surface area contributed by atoms with Gasteiger partial charge in [0.1, 0.15) is 5.54 Å². The van der Waals surface area contributed by atoms with Crippen molar-refractivity contribution in [2.45, 2.75) is 69.5 Å². The molecule has 2 saturated carbocycles. The average Bonchev–Trinajstić information content (AvgIpc) is 2.84. The SMILES string of the molecule is CNC1(C(=O)O)CCC(N(C)C2CCC(C)CC2)C1. The van der Waals surface area contributed by atoms with E-state index in [-0.39, 0.29) is 0 Å². The fraction of sp³-hybridized carbons (Fsp3) is 0.933. The van der Waals surface area contributed by atoms with E-state index in [2.05, 4.69) is 24.2 Å². The lowest BCUT2D eigenvalue weighted by Gasteiger charge is -2.37. The van der Waals surface area contributed by atoms with E-state index in [0.717, 1.165) is 25.2 Å². The molecule has 0 aromatic heterocycles. The molecule has 0 amide bonds. The topological polar surface area (TPSA) is 52.6 Å². The van der Waals surface area contributed by atoms with Crippen LogP contribution in [0.15, 0.2) is 0 Å². The number of carboxylic acid groups (broad SMARTS) is 1. The Bertz CT molecular complexity index is 326. The molecule has 2 aliphatic carbocycles. The third-order valence-electron chi connectivity index (χ3n) is 5.51. The Labute approximate surface area is 116 Å². The molecule has 0 spiro atoms. The fourth-order valence-electron chi connectivity index (χ4n) is 3.84. The van der Waals surface area contributed by atoms with E-state index in [0.29, 0.717) is 12.1 Å². The summed E-state index contributed by atoms with van der Waals surface area (Å²) in [4.78, 5) is 13.9. The minimum atomic E-state index is -0.694. The van der Waals surface area contributed by atoms with Crippen LogP contribution in [0.2, 0.25) is 0 Å². The van der Waals surface area contributed by atoms with E-state index in [4.69, 9.17) is 0 Å². The molecule has 2 rings (SSSR count). The van der Waals surface area contributed by atoms with Gasteiger partial charge < -0.3 is 15.3 Å². The van der Waals surface area contributed by atoms with Gasteiger partial charge in [0.05, 0.1) is 0 Å². The number of nitrogens with zero attached hydrogens (tertiary/aromatic N) is 1. The lowest BCUT2D eigenvalue weighted by atomic mass is 9.86. The normalized spacial score (nSPS) is 39.7. The van der Waals surface area contributed by atoms with E-state index < -0.39 is 11.5 Å². The van der Waals surface area contributed by atoms with Gasteiger partial charge in [-0.1, -0.05) is 6.92 Å². The van der Waals surface area contributed by atoms with Crippen molar-refractivity contribution in [3.63, 3.8) is 0 Å². The number of aliphatic carboxylic acids is 1. The zero-order chi connectivity index (χ0) is 14.0. The summed E-state index contributed by atoms with van der Waals surface area (Å²) in [6.45, 7) is 2.34. The first-order valence-corrected chi connectivity index (χ1v) is 7.63. The molecule has 0 aliphatic heterocycles. The molecule has 0 aromatic rings. The Morgan fingerprint density at radius 2 is 1.84 bits per heavy atom. The first-order chi connectivity index (χ1) is 8.98. The van der Waals surface area contributed by atoms with Crippen molar-refractivity contribution in [1.29, 1.82) is 0 Å². The summed E-state index contributed by atoms with van der Waals surface area (Å²) in [5.41, 5.74) is -0.694. The van der Waals surface area contributed by atoms with Crippen LogP contribution >= 0.6 is 0 Å². The zero-order valence-electron chi connectivity index (χ0n) is 12.5. The van der Waals surface area contributed by atoms with Crippen LogP contribution in [0.25, 0.3) is 0 Å². The summed E-state index contributed by atoms with van der Waals surface area (Å²) in [5.74, 6) is 0.173. The van der Waals surface area contributed by atoms with Crippen molar-refractivity contribution in [3.05, 3.63) is 0 Å². The number of likely N-dealkylation sites (N-methyl/N-ethyl adjacent to an activating group) is 1. The monoisotopic (exact) mass is 268 g/mol. The maximum atomic E-state index is 11.5. The van der Waals surface area contributed by atoms with Crippen molar-refractivity contribution >= 4 is 5.97 Å². The molecule has 0 bridgehead atoms. The molecule has 110 valence electrons. The summed E-state index contributed by atoms with van der Waals surface area (Å²) in [6.07, 6.45) is 7.66. The van der Waals surface area contributed by atoms with E-state index in [1.165, 1.54) is 25.7 Å². The molecule has 0 aromatic carbocycles. The highest BCUT2D eigenvalue weighted by Gasteiger charge is 2.46. The second-order valence-electron chi connectivity index (χ2n) is 6.61. The Kier molecular flexibility index (Phi) is 4.51. The lowest BCUT2D eigenvalue weighted by molar-refractivity contribution is -0.144. The first-order valence-electron chi connectivity index (χ1n) is 7.63. The van der Waals surface area contributed by atoms with Crippen LogP contribution in [0.4, 0.5) is 0 Å². The van der Waals surface area contributed by atoms with Crippen LogP contribution in [-0.2, 0) is 4.79 Å².